The molecule has 0 aliphatic carbocycles. The topological polar surface area (TPSA) is 103 Å². The van der Waals surface area contributed by atoms with Gasteiger partial charge in [0, 0.05) is 0 Å². The van der Waals surface area contributed by atoms with Crippen LogP contribution in [-0.4, -0.2) is 49.3 Å². The fraction of sp³-hybridized carbons (Fsp3) is 0.192. The molecule has 1 aliphatic rings. The number of hydrogen-bond acceptors (Lipinski definition) is 7. The van der Waals surface area contributed by atoms with Crippen LogP contribution in [0.4, 0.5) is 4.79 Å². The molecule has 0 spiro atoms. The van der Waals surface area contributed by atoms with Crippen molar-refractivity contribution in [2.45, 2.75) is 12.7 Å². The van der Waals surface area contributed by atoms with E-state index in [-0.39, 0.29) is 30.9 Å². The van der Waals surface area contributed by atoms with Gasteiger partial charge in [0.25, 0.3) is 11.8 Å². The molecule has 1 aliphatic heterocycles. The Balaban J connectivity index is 1.39. The Kier molecular flexibility index (Phi) is 7.59. The number of carbonyl (C=O) groups excluding carboxylic acids is 3. The standard InChI is InChI=1S/C26H24N2O7/c1-32-19-11-13-20(14-12-19)33-17-21(15-27-26(31)34-16-18-7-3-2-4-8-18)35-28-24(29)22-9-5-6-10-23(22)25(28)30/h2-14,21H,15-17H2,1H3,(H,27,31). The monoisotopic (exact) mass is 476 g/mol. The Labute approximate surface area is 202 Å². The van der Waals surface area contributed by atoms with Gasteiger partial charge in [-0.3, -0.25) is 14.4 Å². The number of benzene rings is 3. The predicted octanol–water partition coefficient (Wildman–Crippen LogP) is 3.60. The highest BCUT2D eigenvalue weighted by Gasteiger charge is 2.38. The van der Waals surface area contributed by atoms with Crippen molar-refractivity contribution in [2.75, 3.05) is 20.3 Å². The first-order valence-electron chi connectivity index (χ1n) is 10.9. The van der Waals surface area contributed by atoms with Crippen molar-refractivity contribution < 1.29 is 33.4 Å². The smallest absolute Gasteiger partial charge is 0.407 e. The summed E-state index contributed by atoms with van der Waals surface area (Å²) < 4.78 is 16.1. The van der Waals surface area contributed by atoms with E-state index in [1.165, 1.54) is 0 Å². The molecule has 3 amide bonds. The molecule has 1 heterocycles. The number of fused-ring (bicyclic) bond motifs is 1. The van der Waals surface area contributed by atoms with Gasteiger partial charge in [-0.15, -0.1) is 5.06 Å². The first kappa shape index (κ1) is 23.8. The molecule has 1 atom stereocenters. The van der Waals surface area contributed by atoms with Crippen molar-refractivity contribution in [1.82, 2.24) is 10.4 Å². The van der Waals surface area contributed by atoms with Crippen LogP contribution in [0, 0.1) is 0 Å². The summed E-state index contributed by atoms with van der Waals surface area (Å²) >= 11 is 0. The van der Waals surface area contributed by atoms with E-state index in [0.29, 0.717) is 16.6 Å². The van der Waals surface area contributed by atoms with E-state index < -0.39 is 24.0 Å². The van der Waals surface area contributed by atoms with E-state index in [0.717, 1.165) is 5.56 Å². The molecule has 0 radical (unpaired) electrons. The maximum Gasteiger partial charge on any atom is 0.407 e. The average Bonchev–Trinajstić information content (AvgIpc) is 3.14. The minimum Gasteiger partial charge on any atom is -0.497 e. The van der Waals surface area contributed by atoms with Crippen molar-refractivity contribution in [3.05, 3.63) is 95.6 Å². The second-order valence-electron chi connectivity index (χ2n) is 7.61. The number of alkyl carbamates (subject to hydrolysis) is 1. The Morgan fingerprint density at radius 3 is 2.09 bits per heavy atom. The van der Waals surface area contributed by atoms with Crippen LogP contribution in [0.15, 0.2) is 78.9 Å². The summed E-state index contributed by atoms with van der Waals surface area (Å²) in [6.45, 7) is -0.0329. The quantitative estimate of drug-likeness (QED) is 0.446. The number of carbonyl (C=O) groups is 3. The molecule has 0 bridgehead atoms. The number of hydroxylamine groups is 2. The van der Waals surface area contributed by atoms with E-state index in [1.54, 1.807) is 55.6 Å². The highest BCUT2D eigenvalue weighted by Crippen LogP contribution is 2.24. The van der Waals surface area contributed by atoms with Gasteiger partial charge in [0.05, 0.1) is 24.8 Å². The first-order valence-corrected chi connectivity index (χ1v) is 10.9. The highest BCUT2D eigenvalue weighted by molar-refractivity contribution is 6.20. The van der Waals surface area contributed by atoms with E-state index in [1.807, 2.05) is 30.3 Å². The minimum atomic E-state index is -0.872. The van der Waals surface area contributed by atoms with Crippen molar-refractivity contribution in [3.8, 4) is 11.5 Å². The molecule has 3 aromatic carbocycles. The van der Waals surface area contributed by atoms with E-state index in [2.05, 4.69) is 5.32 Å². The van der Waals surface area contributed by atoms with E-state index >= 15 is 0 Å². The zero-order valence-corrected chi connectivity index (χ0v) is 19.0. The Morgan fingerprint density at radius 2 is 1.46 bits per heavy atom. The van der Waals surface area contributed by atoms with Crippen LogP contribution < -0.4 is 14.8 Å². The molecule has 0 aromatic heterocycles. The minimum absolute atomic E-state index is 0.0568. The van der Waals surface area contributed by atoms with E-state index in [4.69, 9.17) is 19.0 Å². The van der Waals surface area contributed by atoms with Crippen LogP contribution in [0.5, 0.6) is 11.5 Å². The Bertz CT molecular complexity index is 1150. The second kappa shape index (κ2) is 11.2. The summed E-state index contributed by atoms with van der Waals surface area (Å²) in [5, 5.41) is 3.30. The summed E-state index contributed by atoms with van der Waals surface area (Å²) in [6, 6.07) is 22.6. The second-order valence-corrected chi connectivity index (χ2v) is 7.61. The van der Waals surface area contributed by atoms with Crippen LogP contribution in [0.3, 0.4) is 0 Å². The average molecular weight is 476 g/mol. The zero-order valence-electron chi connectivity index (χ0n) is 19.0. The van der Waals surface area contributed by atoms with Crippen LogP contribution in [0.25, 0.3) is 0 Å². The fourth-order valence-electron chi connectivity index (χ4n) is 3.37. The molecule has 0 saturated heterocycles. The Morgan fingerprint density at radius 1 is 0.857 bits per heavy atom. The van der Waals surface area contributed by atoms with Crippen molar-refractivity contribution in [1.29, 1.82) is 0 Å². The van der Waals surface area contributed by atoms with Gasteiger partial charge in [-0.25, -0.2) is 4.79 Å². The number of amides is 3. The normalized spacial score (nSPS) is 13.2. The number of nitrogens with one attached hydrogen (secondary N) is 1. The fourth-order valence-corrected chi connectivity index (χ4v) is 3.37. The number of nitrogens with zero attached hydrogens (tertiary/aromatic N) is 1. The third-order valence-electron chi connectivity index (χ3n) is 5.19. The van der Waals surface area contributed by atoms with Crippen molar-refractivity contribution in [3.63, 3.8) is 0 Å². The SMILES string of the molecule is COc1ccc(OCC(CNC(=O)OCc2ccccc2)ON2C(=O)c3ccccc3C2=O)cc1. The molecule has 0 fully saturated rings. The number of imide groups is 1. The van der Waals surface area contributed by atoms with Crippen molar-refractivity contribution in [2.24, 2.45) is 0 Å². The highest BCUT2D eigenvalue weighted by atomic mass is 16.7. The molecule has 1 unspecified atom stereocenters. The van der Waals surface area contributed by atoms with Crippen LogP contribution >= 0.6 is 0 Å². The van der Waals surface area contributed by atoms with Gasteiger partial charge in [-0.05, 0) is 42.0 Å². The molecule has 4 rings (SSSR count). The third-order valence-corrected chi connectivity index (χ3v) is 5.19. The van der Waals surface area contributed by atoms with Crippen LogP contribution in [0.2, 0.25) is 0 Å². The zero-order chi connectivity index (χ0) is 24.6. The first-order chi connectivity index (χ1) is 17.0. The lowest BCUT2D eigenvalue weighted by molar-refractivity contribution is -0.139. The number of methoxy groups -OCH3 is 1. The number of hydrogen-bond donors (Lipinski definition) is 1. The largest absolute Gasteiger partial charge is 0.497 e. The van der Waals surface area contributed by atoms with Gasteiger partial charge in [-0.2, -0.15) is 0 Å². The number of ether oxygens (including phenoxy) is 3. The van der Waals surface area contributed by atoms with Gasteiger partial charge in [0.1, 0.15) is 30.8 Å². The van der Waals surface area contributed by atoms with Gasteiger partial charge in [-0.1, -0.05) is 42.5 Å². The van der Waals surface area contributed by atoms with Crippen molar-refractivity contribution >= 4 is 17.9 Å². The maximum absolute atomic E-state index is 12.7. The lowest BCUT2D eigenvalue weighted by Crippen LogP contribution is -2.43. The van der Waals surface area contributed by atoms with Gasteiger partial charge in [0.15, 0.2) is 0 Å². The summed E-state index contributed by atoms with van der Waals surface area (Å²) in [4.78, 5) is 43.3. The summed E-state index contributed by atoms with van der Waals surface area (Å²) in [5.74, 6) is 0.0332. The molecule has 0 saturated carbocycles. The third kappa shape index (κ3) is 5.96. The lowest BCUT2D eigenvalue weighted by atomic mass is 10.1. The molecule has 35 heavy (non-hydrogen) atoms. The number of rotatable bonds is 10. The summed E-state index contributed by atoms with van der Waals surface area (Å²) in [7, 11) is 1.56. The molecular weight excluding hydrogens is 452 g/mol. The molecular formula is C26H24N2O7. The summed E-state index contributed by atoms with van der Waals surface area (Å²) in [6.07, 6.45) is -1.54. The summed E-state index contributed by atoms with van der Waals surface area (Å²) in [5.41, 5.74) is 1.34. The Hall–Kier alpha value is -4.37. The maximum atomic E-state index is 12.7. The molecule has 1 N–H and O–H groups in total. The van der Waals surface area contributed by atoms with Gasteiger partial charge >= 0.3 is 6.09 Å². The van der Waals surface area contributed by atoms with E-state index in [9.17, 15) is 14.4 Å². The molecule has 180 valence electrons. The van der Waals surface area contributed by atoms with Gasteiger partial charge < -0.3 is 19.5 Å². The van der Waals surface area contributed by atoms with Crippen LogP contribution in [0.1, 0.15) is 26.3 Å². The van der Waals surface area contributed by atoms with Crippen LogP contribution in [-0.2, 0) is 16.2 Å². The molecule has 9 nitrogen and oxygen atoms in total. The van der Waals surface area contributed by atoms with Gasteiger partial charge in [0.2, 0.25) is 0 Å². The predicted molar refractivity (Wildman–Crippen MR) is 125 cm³/mol. The molecule has 3 aromatic rings. The molecule has 9 heteroatoms. The lowest BCUT2D eigenvalue weighted by Gasteiger charge is -2.23.